The molecule has 0 aromatic carbocycles. The first-order chi connectivity index (χ1) is 19.3. The maximum atomic E-state index is 10.1. The average Bonchev–Trinajstić information content (AvgIpc) is 2.92. The maximum absolute atomic E-state index is 10.1. The van der Waals surface area contributed by atoms with Crippen molar-refractivity contribution in [2.45, 2.75) is 77.0 Å². The minimum absolute atomic E-state index is 0.0353. The zero-order chi connectivity index (χ0) is 33.0. The molecule has 240 valence electrons. The lowest BCUT2D eigenvalue weighted by molar-refractivity contribution is -0.111. The van der Waals surface area contributed by atoms with Crippen LogP contribution >= 0.6 is 50.5 Å². The monoisotopic (exact) mass is 656 g/mol. The summed E-state index contributed by atoms with van der Waals surface area (Å²) in [7, 11) is 0. The number of aliphatic hydroxyl groups excluding tert-OH is 4. The molecule has 12 heteroatoms. The SMILES string of the molecule is C=CCCCC(=O)S.C=CCCCC(=O)S.C=CCCCC(=O)S.C=CCCCC(=O)S.OCC(CO)(CO)CO. The molecule has 0 aliphatic rings. The van der Waals surface area contributed by atoms with E-state index in [-0.39, 0.29) is 20.5 Å². The van der Waals surface area contributed by atoms with Crippen molar-refractivity contribution in [3.8, 4) is 0 Å². The molecular formula is C29H52O8S4. The van der Waals surface area contributed by atoms with E-state index in [0.29, 0.717) is 25.7 Å². The fraction of sp³-hybridized carbons (Fsp3) is 0.586. The van der Waals surface area contributed by atoms with Gasteiger partial charge in [0.2, 0.25) is 0 Å². The first-order valence-electron chi connectivity index (χ1n) is 13.1. The van der Waals surface area contributed by atoms with E-state index >= 15 is 0 Å². The summed E-state index contributed by atoms with van der Waals surface area (Å²) < 4.78 is 0. The van der Waals surface area contributed by atoms with Crippen molar-refractivity contribution < 1.29 is 39.6 Å². The molecule has 0 bridgehead atoms. The van der Waals surface area contributed by atoms with Gasteiger partial charge < -0.3 is 20.4 Å². The third-order valence-corrected chi connectivity index (χ3v) is 5.43. The fourth-order valence-corrected chi connectivity index (χ4v) is 2.52. The first kappa shape index (κ1) is 49.6. The summed E-state index contributed by atoms with van der Waals surface area (Å²) in [6.07, 6.45) is 16.6. The van der Waals surface area contributed by atoms with Crippen LogP contribution in [0.1, 0.15) is 77.0 Å². The van der Waals surface area contributed by atoms with Gasteiger partial charge in [0.15, 0.2) is 20.5 Å². The average molecular weight is 657 g/mol. The Morgan fingerprint density at radius 3 is 0.707 bits per heavy atom. The second kappa shape index (κ2) is 41.0. The van der Waals surface area contributed by atoms with Gasteiger partial charge in [0.05, 0.1) is 31.8 Å². The van der Waals surface area contributed by atoms with Crippen molar-refractivity contribution in [3.63, 3.8) is 0 Å². The molecule has 4 N–H and O–H groups in total. The van der Waals surface area contributed by atoms with Crippen LogP contribution in [-0.4, -0.2) is 67.3 Å². The number of unbranched alkanes of at least 4 members (excludes halogenated alkanes) is 4. The number of hydrogen-bond acceptors (Lipinski definition) is 8. The number of carbonyl (C=O) groups is 4. The molecule has 0 spiro atoms. The van der Waals surface area contributed by atoms with E-state index in [9.17, 15) is 19.2 Å². The van der Waals surface area contributed by atoms with Gasteiger partial charge in [-0.1, -0.05) is 24.3 Å². The highest BCUT2D eigenvalue weighted by Gasteiger charge is 2.26. The first-order valence-corrected chi connectivity index (χ1v) is 14.9. The topological polar surface area (TPSA) is 149 Å². The molecule has 8 nitrogen and oxygen atoms in total. The molecule has 41 heavy (non-hydrogen) atoms. The van der Waals surface area contributed by atoms with Crippen molar-refractivity contribution in [1.29, 1.82) is 0 Å². The van der Waals surface area contributed by atoms with Crippen LogP contribution in [0.3, 0.4) is 0 Å². The third kappa shape index (κ3) is 55.5. The van der Waals surface area contributed by atoms with Gasteiger partial charge in [0.25, 0.3) is 0 Å². The Hall–Kier alpha value is -1.12. The molecule has 0 amide bonds. The molecule has 0 aliphatic heterocycles. The molecular weight excluding hydrogens is 605 g/mol. The lowest BCUT2D eigenvalue weighted by atomic mass is 9.93. The molecule has 0 unspecified atom stereocenters. The van der Waals surface area contributed by atoms with E-state index in [1.54, 1.807) is 24.3 Å². The number of rotatable bonds is 20. The van der Waals surface area contributed by atoms with Crippen molar-refractivity contribution >= 4 is 71.0 Å². The summed E-state index contributed by atoms with van der Waals surface area (Å²) in [5, 5.41) is 33.8. The molecule has 0 aliphatic carbocycles. The van der Waals surface area contributed by atoms with E-state index in [2.05, 4.69) is 76.8 Å². The highest BCUT2D eigenvalue weighted by atomic mass is 32.1. The van der Waals surface area contributed by atoms with Crippen molar-refractivity contribution in [2.75, 3.05) is 26.4 Å². The van der Waals surface area contributed by atoms with E-state index < -0.39 is 31.8 Å². The molecule has 0 aromatic heterocycles. The molecule has 0 fully saturated rings. The van der Waals surface area contributed by atoms with Gasteiger partial charge in [0, 0.05) is 25.7 Å². The van der Waals surface area contributed by atoms with Gasteiger partial charge in [-0.2, -0.15) is 0 Å². The van der Waals surface area contributed by atoms with Gasteiger partial charge in [0.1, 0.15) is 0 Å². The molecule has 0 rings (SSSR count). The number of hydrogen-bond donors (Lipinski definition) is 8. The summed E-state index contributed by atoms with van der Waals surface area (Å²) in [4.78, 5) is 40.6. The molecule has 0 radical (unpaired) electrons. The molecule has 0 aromatic rings. The van der Waals surface area contributed by atoms with Gasteiger partial charge in [-0.15, -0.1) is 76.8 Å². The quantitative estimate of drug-likeness (QED) is 0.0511. The number of carbonyl (C=O) groups excluding carboxylic acids is 4. The van der Waals surface area contributed by atoms with Crippen molar-refractivity contribution in [3.05, 3.63) is 50.6 Å². The lowest BCUT2D eigenvalue weighted by Crippen LogP contribution is -2.37. The van der Waals surface area contributed by atoms with Crippen molar-refractivity contribution in [1.82, 2.24) is 0 Å². The van der Waals surface area contributed by atoms with Crippen LogP contribution < -0.4 is 0 Å². The Morgan fingerprint density at radius 2 is 0.634 bits per heavy atom. The van der Waals surface area contributed by atoms with Crippen LogP contribution in [0.2, 0.25) is 0 Å². The summed E-state index contributed by atoms with van der Waals surface area (Å²) in [5.74, 6) is 0. The summed E-state index contributed by atoms with van der Waals surface area (Å²) in [6.45, 7) is 12.5. The maximum Gasteiger partial charge on any atom is 0.185 e. The van der Waals surface area contributed by atoms with E-state index in [0.717, 1.165) is 51.4 Å². The van der Waals surface area contributed by atoms with Gasteiger partial charge in [-0.3, -0.25) is 19.2 Å². The predicted molar refractivity (Wildman–Crippen MR) is 183 cm³/mol. The highest BCUT2D eigenvalue weighted by Crippen LogP contribution is 2.11. The second-order valence-corrected chi connectivity index (χ2v) is 10.4. The van der Waals surface area contributed by atoms with Crippen LogP contribution in [0.4, 0.5) is 0 Å². The number of aliphatic hydroxyl groups is 4. The van der Waals surface area contributed by atoms with Crippen LogP contribution in [0.5, 0.6) is 0 Å². The van der Waals surface area contributed by atoms with Crippen molar-refractivity contribution in [2.24, 2.45) is 5.41 Å². The van der Waals surface area contributed by atoms with Crippen LogP contribution in [-0.2, 0) is 19.2 Å². The Balaban J connectivity index is -0.000000132. The van der Waals surface area contributed by atoms with Gasteiger partial charge in [-0.25, -0.2) is 0 Å². The van der Waals surface area contributed by atoms with E-state index in [4.69, 9.17) is 20.4 Å². The fourth-order valence-electron chi connectivity index (χ4n) is 1.89. The third-order valence-electron chi connectivity index (χ3n) is 4.54. The summed E-state index contributed by atoms with van der Waals surface area (Å²) in [6, 6.07) is 0. The number of thiol groups is 4. The minimum Gasteiger partial charge on any atom is -0.396 e. The lowest BCUT2D eigenvalue weighted by Gasteiger charge is -2.23. The summed E-state index contributed by atoms with van der Waals surface area (Å²) in [5.41, 5.74) is -1.11. The summed E-state index contributed by atoms with van der Waals surface area (Å²) >= 11 is 14.4. The largest absolute Gasteiger partial charge is 0.396 e. The van der Waals surface area contributed by atoms with Crippen LogP contribution in [0, 0.1) is 5.41 Å². The second-order valence-electron chi connectivity index (χ2n) is 8.43. The zero-order valence-corrected chi connectivity index (χ0v) is 27.7. The van der Waals surface area contributed by atoms with Crippen LogP contribution in [0.15, 0.2) is 50.6 Å². The van der Waals surface area contributed by atoms with Crippen LogP contribution in [0.25, 0.3) is 0 Å². The standard InChI is InChI=1S/4C6H10OS.C5H12O4/c4*1-2-3-4-5-6(7)8;6-1-5(2-7,3-8)4-9/h4*2H,1,3-5H2,(H,7,8);6-9H,1-4H2. The highest BCUT2D eigenvalue weighted by molar-refractivity contribution is 7.97. The van der Waals surface area contributed by atoms with E-state index in [1.807, 2.05) is 0 Å². The minimum atomic E-state index is -1.11. The predicted octanol–water partition coefficient (Wildman–Crippen LogP) is 5.14. The normalized spacial score (nSPS) is 9.37. The smallest absolute Gasteiger partial charge is 0.185 e. The molecule has 0 heterocycles. The van der Waals surface area contributed by atoms with E-state index in [1.165, 1.54) is 0 Å². The molecule has 0 saturated heterocycles. The zero-order valence-electron chi connectivity index (χ0n) is 24.2. The Kier molecular flexibility index (Phi) is 49.6. The molecule has 0 atom stereocenters. The Bertz CT molecular complexity index is 583. The number of allylic oxidation sites excluding steroid dienone is 4. The van der Waals surface area contributed by atoms with Gasteiger partial charge in [-0.05, 0) is 51.4 Å². The van der Waals surface area contributed by atoms with Gasteiger partial charge >= 0.3 is 0 Å². The molecule has 0 saturated carbocycles. The Labute approximate surface area is 269 Å². The Morgan fingerprint density at radius 1 is 0.463 bits per heavy atom.